The fraction of sp³-hybridized carbons (Fsp3) is 0.923. The average molecular weight is 224 g/mol. The van der Waals surface area contributed by atoms with Crippen molar-refractivity contribution in [2.45, 2.75) is 51.5 Å². The first kappa shape index (κ1) is 11.9. The standard InChI is InChI=1S/C13H24N2O/c1-2-14-9-8-13(16)15-10-4-6-11-5-3-7-12(11)15/h11-12,14H,2-10H2,1H3. The molecule has 0 aromatic heterocycles. The maximum Gasteiger partial charge on any atom is 0.224 e. The molecule has 3 heteroatoms. The second-order valence-corrected chi connectivity index (χ2v) is 5.09. The van der Waals surface area contributed by atoms with Gasteiger partial charge in [-0.25, -0.2) is 0 Å². The molecule has 1 aliphatic carbocycles. The molecule has 1 N–H and O–H groups in total. The molecule has 0 bridgehead atoms. The molecule has 16 heavy (non-hydrogen) atoms. The number of hydrogen-bond acceptors (Lipinski definition) is 2. The maximum absolute atomic E-state index is 12.1. The van der Waals surface area contributed by atoms with Gasteiger partial charge in [0.15, 0.2) is 0 Å². The molecule has 0 aromatic carbocycles. The van der Waals surface area contributed by atoms with Crippen molar-refractivity contribution in [3.05, 3.63) is 0 Å². The summed E-state index contributed by atoms with van der Waals surface area (Å²) in [5.74, 6) is 1.19. The summed E-state index contributed by atoms with van der Waals surface area (Å²) in [4.78, 5) is 14.3. The second-order valence-electron chi connectivity index (χ2n) is 5.09. The summed E-state index contributed by atoms with van der Waals surface area (Å²) in [7, 11) is 0. The van der Waals surface area contributed by atoms with E-state index >= 15 is 0 Å². The van der Waals surface area contributed by atoms with Crippen molar-refractivity contribution in [1.82, 2.24) is 10.2 Å². The predicted octanol–water partition coefficient (Wildman–Crippen LogP) is 1.78. The largest absolute Gasteiger partial charge is 0.339 e. The number of rotatable bonds is 4. The Morgan fingerprint density at radius 2 is 2.12 bits per heavy atom. The third-order valence-electron chi connectivity index (χ3n) is 4.08. The van der Waals surface area contributed by atoms with Gasteiger partial charge in [0.2, 0.25) is 5.91 Å². The minimum atomic E-state index is 0.373. The zero-order valence-electron chi connectivity index (χ0n) is 10.4. The quantitative estimate of drug-likeness (QED) is 0.738. The molecule has 2 fully saturated rings. The van der Waals surface area contributed by atoms with Crippen LogP contribution in [0.4, 0.5) is 0 Å². The molecular weight excluding hydrogens is 200 g/mol. The van der Waals surface area contributed by atoms with E-state index in [0.717, 1.165) is 25.6 Å². The van der Waals surface area contributed by atoms with Crippen molar-refractivity contribution in [3.63, 3.8) is 0 Å². The summed E-state index contributed by atoms with van der Waals surface area (Å²) in [5.41, 5.74) is 0. The molecule has 3 nitrogen and oxygen atoms in total. The second kappa shape index (κ2) is 5.67. The van der Waals surface area contributed by atoms with Crippen molar-refractivity contribution in [2.75, 3.05) is 19.6 Å². The van der Waals surface area contributed by atoms with Gasteiger partial charge in [-0.1, -0.05) is 13.3 Å². The summed E-state index contributed by atoms with van der Waals surface area (Å²) in [6.07, 6.45) is 7.17. The summed E-state index contributed by atoms with van der Waals surface area (Å²) >= 11 is 0. The molecule has 2 atom stereocenters. The van der Waals surface area contributed by atoms with E-state index in [1.54, 1.807) is 0 Å². The normalized spacial score (nSPS) is 29.2. The fourth-order valence-electron chi connectivity index (χ4n) is 3.28. The van der Waals surface area contributed by atoms with Crippen LogP contribution in [-0.4, -0.2) is 36.5 Å². The third-order valence-corrected chi connectivity index (χ3v) is 4.08. The van der Waals surface area contributed by atoms with E-state index in [2.05, 4.69) is 17.1 Å². The third kappa shape index (κ3) is 2.57. The van der Waals surface area contributed by atoms with Crippen molar-refractivity contribution < 1.29 is 4.79 Å². The molecule has 92 valence electrons. The first-order valence-corrected chi connectivity index (χ1v) is 6.83. The van der Waals surface area contributed by atoms with E-state index in [9.17, 15) is 4.79 Å². The summed E-state index contributed by atoms with van der Waals surface area (Å²) < 4.78 is 0. The number of likely N-dealkylation sites (tertiary alicyclic amines) is 1. The zero-order chi connectivity index (χ0) is 11.4. The van der Waals surface area contributed by atoms with Gasteiger partial charge in [0.25, 0.3) is 0 Å². The molecular formula is C13H24N2O. The fourth-order valence-corrected chi connectivity index (χ4v) is 3.28. The van der Waals surface area contributed by atoms with Crippen LogP contribution in [0.2, 0.25) is 0 Å². The Bertz CT molecular complexity index is 242. The van der Waals surface area contributed by atoms with Crippen LogP contribution in [0, 0.1) is 5.92 Å². The summed E-state index contributed by atoms with van der Waals surface area (Å²) in [5, 5.41) is 3.23. The molecule has 1 amide bonds. The first-order chi connectivity index (χ1) is 7.83. The number of carbonyl (C=O) groups excluding carboxylic acids is 1. The van der Waals surface area contributed by atoms with Crippen LogP contribution in [-0.2, 0) is 4.79 Å². The van der Waals surface area contributed by atoms with Crippen LogP contribution in [0.5, 0.6) is 0 Å². The lowest BCUT2D eigenvalue weighted by Gasteiger charge is -2.38. The number of hydrogen-bond donors (Lipinski definition) is 1. The lowest BCUT2D eigenvalue weighted by atomic mass is 9.92. The monoisotopic (exact) mass is 224 g/mol. The van der Waals surface area contributed by atoms with Gasteiger partial charge in [0.1, 0.15) is 0 Å². The summed E-state index contributed by atoms with van der Waals surface area (Å²) in [6.45, 7) is 4.88. The highest BCUT2D eigenvalue weighted by Gasteiger charge is 2.36. The van der Waals surface area contributed by atoms with E-state index in [1.165, 1.54) is 32.1 Å². The number of nitrogens with zero attached hydrogens (tertiary/aromatic N) is 1. The Balaban J connectivity index is 1.84. The van der Waals surface area contributed by atoms with E-state index in [4.69, 9.17) is 0 Å². The van der Waals surface area contributed by atoms with E-state index < -0.39 is 0 Å². The minimum absolute atomic E-state index is 0.373. The maximum atomic E-state index is 12.1. The minimum Gasteiger partial charge on any atom is -0.339 e. The van der Waals surface area contributed by atoms with Gasteiger partial charge in [-0.2, -0.15) is 0 Å². The van der Waals surface area contributed by atoms with E-state index in [1.807, 2.05) is 0 Å². The highest BCUT2D eigenvalue weighted by Crippen LogP contribution is 2.36. The van der Waals surface area contributed by atoms with Crippen LogP contribution in [0.25, 0.3) is 0 Å². The Labute approximate surface area is 98.6 Å². The van der Waals surface area contributed by atoms with Gasteiger partial charge in [-0.15, -0.1) is 0 Å². The zero-order valence-corrected chi connectivity index (χ0v) is 10.4. The van der Waals surface area contributed by atoms with Gasteiger partial charge in [-0.05, 0) is 38.1 Å². The highest BCUT2D eigenvalue weighted by atomic mass is 16.2. The lowest BCUT2D eigenvalue weighted by Crippen LogP contribution is -2.46. The average Bonchev–Trinajstić information content (AvgIpc) is 2.76. The molecule has 2 rings (SSSR count). The Morgan fingerprint density at radius 1 is 1.31 bits per heavy atom. The van der Waals surface area contributed by atoms with Crippen molar-refractivity contribution in [1.29, 1.82) is 0 Å². The van der Waals surface area contributed by atoms with Gasteiger partial charge in [0.05, 0.1) is 0 Å². The molecule has 2 aliphatic rings. The molecule has 0 aromatic rings. The van der Waals surface area contributed by atoms with Crippen molar-refractivity contribution in [3.8, 4) is 0 Å². The van der Waals surface area contributed by atoms with E-state index in [0.29, 0.717) is 18.4 Å². The van der Waals surface area contributed by atoms with Gasteiger partial charge in [0, 0.05) is 25.6 Å². The number of amides is 1. The summed E-state index contributed by atoms with van der Waals surface area (Å²) in [6, 6.07) is 0.586. The number of fused-ring (bicyclic) bond motifs is 1. The van der Waals surface area contributed by atoms with E-state index in [-0.39, 0.29) is 0 Å². The number of nitrogens with one attached hydrogen (secondary N) is 1. The van der Waals surface area contributed by atoms with Gasteiger partial charge in [-0.3, -0.25) is 4.79 Å². The van der Waals surface area contributed by atoms with Crippen LogP contribution < -0.4 is 5.32 Å². The highest BCUT2D eigenvalue weighted by molar-refractivity contribution is 5.77. The van der Waals surface area contributed by atoms with Crippen LogP contribution in [0.1, 0.15) is 45.4 Å². The van der Waals surface area contributed by atoms with Gasteiger partial charge < -0.3 is 10.2 Å². The molecule has 1 saturated carbocycles. The topological polar surface area (TPSA) is 32.3 Å². The number of carbonyl (C=O) groups is 1. The Kier molecular flexibility index (Phi) is 4.22. The smallest absolute Gasteiger partial charge is 0.224 e. The van der Waals surface area contributed by atoms with Crippen molar-refractivity contribution in [2.24, 2.45) is 5.92 Å². The molecule has 0 radical (unpaired) electrons. The molecule has 1 aliphatic heterocycles. The number of piperidine rings is 1. The van der Waals surface area contributed by atoms with Crippen LogP contribution >= 0.6 is 0 Å². The molecule has 0 spiro atoms. The predicted molar refractivity (Wildman–Crippen MR) is 65.2 cm³/mol. The van der Waals surface area contributed by atoms with Crippen molar-refractivity contribution >= 4 is 5.91 Å². The Hall–Kier alpha value is -0.570. The van der Waals surface area contributed by atoms with Crippen LogP contribution in [0.15, 0.2) is 0 Å². The lowest BCUT2D eigenvalue weighted by molar-refractivity contribution is -0.135. The van der Waals surface area contributed by atoms with Gasteiger partial charge >= 0.3 is 0 Å². The molecule has 1 saturated heterocycles. The molecule has 2 unspecified atom stereocenters. The first-order valence-electron chi connectivity index (χ1n) is 6.83. The molecule has 1 heterocycles. The van der Waals surface area contributed by atoms with Crippen LogP contribution in [0.3, 0.4) is 0 Å². The Morgan fingerprint density at radius 3 is 2.94 bits per heavy atom. The SMILES string of the molecule is CCNCCC(=O)N1CCCC2CCCC21.